The third-order valence-electron chi connectivity index (χ3n) is 4.18. The van der Waals surface area contributed by atoms with Crippen LogP contribution < -0.4 is 0 Å². The van der Waals surface area contributed by atoms with E-state index in [2.05, 4.69) is 14.6 Å². The monoisotopic (exact) mass is 347 g/mol. The molecule has 0 unspecified atom stereocenters. The largest absolute Gasteiger partial charge is 0.455 e. The molecular formula is C16H14ClN3O2S. The minimum absolute atomic E-state index is 0.0391. The summed E-state index contributed by atoms with van der Waals surface area (Å²) in [6, 6.07) is 5.65. The average molecular weight is 348 g/mol. The molecule has 4 rings (SSSR count). The van der Waals surface area contributed by atoms with Crippen molar-refractivity contribution in [1.29, 1.82) is 0 Å². The molecule has 118 valence electrons. The number of nitrogens with zero attached hydrogens (tertiary/aromatic N) is 2. The fourth-order valence-electron chi connectivity index (χ4n) is 3.03. The number of hydrogen-bond donors (Lipinski definition) is 1. The molecule has 0 saturated carbocycles. The second-order valence-corrected chi connectivity index (χ2v) is 6.98. The van der Waals surface area contributed by atoms with Crippen LogP contribution in [0.2, 0.25) is 4.34 Å². The van der Waals surface area contributed by atoms with E-state index in [1.165, 1.54) is 24.1 Å². The molecule has 0 aliphatic heterocycles. The van der Waals surface area contributed by atoms with E-state index in [4.69, 9.17) is 16.3 Å². The summed E-state index contributed by atoms with van der Waals surface area (Å²) in [7, 11) is 0. The van der Waals surface area contributed by atoms with Crippen molar-refractivity contribution in [2.24, 2.45) is 0 Å². The summed E-state index contributed by atoms with van der Waals surface area (Å²) in [5.74, 6) is -0.373. The molecule has 23 heavy (non-hydrogen) atoms. The van der Waals surface area contributed by atoms with Crippen LogP contribution in [0, 0.1) is 0 Å². The first kappa shape index (κ1) is 14.7. The number of rotatable bonds is 3. The van der Waals surface area contributed by atoms with E-state index < -0.39 is 0 Å². The molecular weight excluding hydrogens is 334 g/mol. The number of benzene rings is 1. The van der Waals surface area contributed by atoms with Crippen molar-refractivity contribution in [3.63, 3.8) is 0 Å². The highest BCUT2D eigenvalue weighted by molar-refractivity contribution is 7.10. The van der Waals surface area contributed by atoms with Gasteiger partial charge in [-0.3, -0.25) is 0 Å². The second-order valence-electron chi connectivity index (χ2n) is 5.62. The molecule has 1 N–H and O–H groups in total. The number of ether oxygens (including phenoxy) is 1. The lowest BCUT2D eigenvalue weighted by Crippen LogP contribution is -2.06. The van der Waals surface area contributed by atoms with Gasteiger partial charge >= 0.3 is 5.97 Å². The Morgan fingerprint density at radius 1 is 1.35 bits per heavy atom. The summed E-state index contributed by atoms with van der Waals surface area (Å²) in [6.45, 7) is 0.0391. The van der Waals surface area contributed by atoms with Crippen LogP contribution in [0.15, 0.2) is 18.2 Å². The van der Waals surface area contributed by atoms with Gasteiger partial charge in [-0.15, -0.1) is 5.10 Å². The van der Waals surface area contributed by atoms with Crippen molar-refractivity contribution in [3.8, 4) is 0 Å². The number of aromatic nitrogens is 3. The predicted molar refractivity (Wildman–Crippen MR) is 89.0 cm³/mol. The standard InChI is InChI=1S/C16H14ClN3O2S/c17-15-14(19-20-23-15)8-22-16(21)9-5-6-13-11(7-9)10-3-1-2-4-12(10)18-13/h5-7,18H,1-4,8H2. The molecule has 0 atom stereocenters. The van der Waals surface area contributed by atoms with Crippen LogP contribution >= 0.6 is 23.1 Å². The second kappa shape index (κ2) is 5.94. The Morgan fingerprint density at radius 3 is 3.04 bits per heavy atom. The minimum Gasteiger partial charge on any atom is -0.455 e. The molecule has 0 fully saturated rings. The van der Waals surface area contributed by atoms with Gasteiger partial charge in [-0.2, -0.15) is 0 Å². The van der Waals surface area contributed by atoms with Crippen LogP contribution in [0.3, 0.4) is 0 Å². The van der Waals surface area contributed by atoms with E-state index in [-0.39, 0.29) is 12.6 Å². The molecule has 0 spiro atoms. The minimum atomic E-state index is -0.373. The van der Waals surface area contributed by atoms with E-state index in [1.54, 1.807) is 6.07 Å². The summed E-state index contributed by atoms with van der Waals surface area (Å²) >= 11 is 6.99. The molecule has 1 aliphatic carbocycles. The fourth-order valence-corrected chi connectivity index (χ4v) is 3.63. The van der Waals surface area contributed by atoms with Gasteiger partial charge in [0.15, 0.2) is 0 Å². The van der Waals surface area contributed by atoms with Crippen LogP contribution in [-0.4, -0.2) is 20.5 Å². The highest BCUT2D eigenvalue weighted by Gasteiger charge is 2.17. The van der Waals surface area contributed by atoms with E-state index in [9.17, 15) is 4.79 Å². The summed E-state index contributed by atoms with van der Waals surface area (Å²) in [5.41, 5.74) is 4.76. The number of carbonyl (C=O) groups excluding carboxylic acids is 1. The van der Waals surface area contributed by atoms with E-state index in [0.717, 1.165) is 35.3 Å². The molecule has 2 aromatic heterocycles. The maximum Gasteiger partial charge on any atom is 0.338 e. The van der Waals surface area contributed by atoms with Gasteiger partial charge in [-0.1, -0.05) is 16.1 Å². The Hall–Kier alpha value is -1.92. The SMILES string of the molecule is O=C(OCc1nnsc1Cl)c1ccc2[nH]c3c(c2c1)CCCC3. The van der Waals surface area contributed by atoms with Crippen molar-refractivity contribution < 1.29 is 9.53 Å². The number of carbonyl (C=O) groups is 1. The van der Waals surface area contributed by atoms with Gasteiger partial charge < -0.3 is 9.72 Å². The number of aryl methyl sites for hydroxylation is 2. The topological polar surface area (TPSA) is 67.9 Å². The zero-order valence-corrected chi connectivity index (χ0v) is 13.8. The maximum atomic E-state index is 12.3. The van der Waals surface area contributed by atoms with Crippen LogP contribution in [0.5, 0.6) is 0 Å². The van der Waals surface area contributed by atoms with Crippen LogP contribution in [0.25, 0.3) is 10.9 Å². The first-order chi connectivity index (χ1) is 11.2. The number of hydrogen-bond acceptors (Lipinski definition) is 5. The quantitative estimate of drug-likeness (QED) is 0.729. The van der Waals surface area contributed by atoms with Crippen LogP contribution in [-0.2, 0) is 24.2 Å². The summed E-state index contributed by atoms with van der Waals surface area (Å²) in [5, 5.41) is 4.96. The summed E-state index contributed by atoms with van der Waals surface area (Å²) in [6.07, 6.45) is 4.56. The van der Waals surface area contributed by atoms with Crippen molar-refractivity contribution in [3.05, 3.63) is 45.1 Å². The highest BCUT2D eigenvalue weighted by Crippen LogP contribution is 2.30. The zero-order valence-electron chi connectivity index (χ0n) is 12.3. The normalized spacial score (nSPS) is 14.0. The predicted octanol–water partition coefficient (Wildman–Crippen LogP) is 3.91. The first-order valence-corrected chi connectivity index (χ1v) is 8.65. The van der Waals surface area contributed by atoms with Gasteiger partial charge in [0.2, 0.25) is 0 Å². The number of aromatic amines is 1. The molecule has 7 heteroatoms. The van der Waals surface area contributed by atoms with E-state index >= 15 is 0 Å². The smallest absolute Gasteiger partial charge is 0.338 e. The Labute approximate surface area is 141 Å². The van der Waals surface area contributed by atoms with Gasteiger partial charge in [-0.25, -0.2) is 4.79 Å². The van der Waals surface area contributed by atoms with Crippen molar-refractivity contribution in [2.75, 3.05) is 0 Å². The number of fused-ring (bicyclic) bond motifs is 3. The third-order valence-corrected chi connectivity index (χ3v) is 5.17. The lowest BCUT2D eigenvalue weighted by molar-refractivity contribution is 0.0468. The van der Waals surface area contributed by atoms with Gasteiger partial charge in [-0.05, 0) is 49.4 Å². The molecule has 1 aromatic carbocycles. The number of halogens is 1. The lowest BCUT2D eigenvalue weighted by Gasteiger charge is -2.10. The number of nitrogens with one attached hydrogen (secondary N) is 1. The van der Waals surface area contributed by atoms with Gasteiger partial charge in [0.25, 0.3) is 0 Å². The van der Waals surface area contributed by atoms with Crippen molar-refractivity contribution in [2.45, 2.75) is 32.3 Å². The van der Waals surface area contributed by atoms with E-state index in [1.807, 2.05) is 12.1 Å². The Morgan fingerprint density at radius 2 is 2.22 bits per heavy atom. The summed E-state index contributed by atoms with van der Waals surface area (Å²) < 4.78 is 9.46. The molecule has 2 heterocycles. The van der Waals surface area contributed by atoms with Gasteiger partial charge in [0, 0.05) is 28.1 Å². The molecule has 0 radical (unpaired) electrons. The Bertz CT molecular complexity index is 887. The van der Waals surface area contributed by atoms with Crippen molar-refractivity contribution >= 4 is 40.0 Å². The fraction of sp³-hybridized carbons (Fsp3) is 0.312. The van der Waals surface area contributed by atoms with Crippen molar-refractivity contribution in [1.82, 2.24) is 14.6 Å². The Balaban J connectivity index is 1.58. The maximum absolute atomic E-state index is 12.3. The molecule has 3 aromatic rings. The summed E-state index contributed by atoms with van der Waals surface area (Å²) in [4.78, 5) is 15.7. The molecule has 0 amide bonds. The lowest BCUT2D eigenvalue weighted by atomic mass is 9.95. The molecule has 1 aliphatic rings. The highest BCUT2D eigenvalue weighted by atomic mass is 35.5. The molecule has 0 saturated heterocycles. The zero-order chi connectivity index (χ0) is 15.8. The number of esters is 1. The molecule has 0 bridgehead atoms. The van der Waals surface area contributed by atoms with Gasteiger partial charge in [0.1, 0.15) is 16.6 Å². The van der Waals surface area contributed by atoms with E-state index in [0.29, 0.717) is 15.6 Å². The molecule has 5 nitrogen and oxygen atoms in total. The van der Waals surface area contributed by atoms with Crippen LogP contribution in [0.1, 0.15) is 40.2 Å². The van der Waals surface area contributed by atoms with Gasteiger partial charge in [0.05, 0.1) is 5.56 Å². The first-order valence-electron chi connectivity index (χ1n) is 7.49. The number of H-pyrrole nitrogens is 1. The average Bonchev–Trinajstić information content (AvgIpc) is 3.15. The third kappa shape index (κ3) is 2.72. The van der Waals surface area contributed by atoms with Crippen LogP contribution in [0.4, 0.5) is 0 Å². The Kier molecular flexibility index (Phi) is 3.79.